The summed E-state index contributed by atoms with van der Waals surface area (Å²) >= 11 is 0. The largest absolute Gasteiger partial charge is 0.262 e. The van der Waals surface area contributed by atoms with Gasteiger partial charge in [-0.15, -0.1) is 0 Å². The number of aryl methyl sites for hydroxylation is 2. The third-order valence-corrected chi connectivity index (χ3v) is 1.69. The second-order valence-corrected chi connectivity index (χ2v) is 2.43. The van der Waals surface area contributed by atoms with E-state index in [9.17, 15) is 0 Å². The normalized spacial score (nSPS) is 9.64. The van der Waals surface area contributed by atoms with E-state index >= 15 is 0 Å². The fraction of sp³-hybridized carbons (Fsp3) is 0.333. The second kappa shape index (κ2) is 3.28. The molecule has 58 valence electrons. The molecule has 1 rings (SSSR count). The predicted molar refractivity (Wildman–Crippen MR) is 47.6 cm³/mol. The van der Waals surface area contributed by atoms with Gasteiger partial charge in [-0.2, -0.15) is 0 Å². The van der Waals surface area contributed by atoms with E-state index in [2.05, 4.69) is 23.6 Å². The lowest BCUT2D eigenvalue weighted by Gasteiger charge is -2.03. The number of aromatic nitrogens is 1. The number of nitrogens with zero attached hydrogens (tertiary/aromatic N) is 2. The molecule has 0 N–H and O–H groups in total. The van der Waals surface area contributed by atoms with Crippen molar-refractivity contribution >= 4 is 12.4 Å². The van der Waals surface area contributed by atoms with Crippen molar-refractivity contribution in [1.29, 1.82) is 0 Å². The van der Waals surface area contributed by atoms with Gasteiger partial charge in [-0.1, -0.05) is 6.92 Å². The van der Waals surface area contributed by atoms with Crippen LogP contribution in [0.2, 0.25) is 0 Å². The Morgan fingerprint density at radius 2 is 2.36 bits per heavy atom. The van der Waals surface area contributed by atoms with E-state index in [0.717, 1.165) is 23.4 Å². The molecule has 0 aliphatic rings. The van der Waals surface area contributed by atoms with E-state index in [1.54, 1.807) is 0 Å². The molecule has 2 nitrogen and oxygen atoms in total. The number of hydrogen-bond acceptors (Lipinski definition) is 2. The maximum atomic E-state index is 4.20. The maximum Gasteiger partial charge on any atom is 0.0866 e. The molecule has 0 spiro atoms. The fourth-order valence-electron chi connectivity index (χ4n) is 1.08. The van der Waals surface area contributed by atoms with Crippen LogP contribution in [0.15, 0.2) is 17.3 Å². The highest BCUT2D eigenvalue weighted by Crippen LogP contribution is 2.20. The Hall–Kier alpha value is -1.18. The van der Waals surface area contributed by atoms with Crippen LogP contribution in [0, 0.1) is 6.92 Å². The summed E-state index contributed by atoms with van der Waals surface area (Å²) in [4.78, 5) is 8.12. The lowest BCUT2D eigenvalue weighted by Crippen LogP contribution is -1.88. The van der Waals surface area contributed by atoms with Crippen molar-refractivity contribution in [2.75, 3.05) is 0 Å². The molecule has 0 aliphatic heterocycles. The quantitative estimate of drug-likeness (QED) is 0.591. The third kappa shape index (κ3) is 1.45. The first-order valence-corrected chi connectivity index (χ1v) is 3.70. The van der Waals surface area contributed by atoms with E-state index in [1.807, 2.05) is 19.2 Å². The van der Waals surface area contributed by atoms with Gasteiger partial charge in [0.1, 0.15) is 0 Å². The first kappa shape index (κ1) is 7.92. The molecule has 0 amide bonds. The zero-order valence-corrected chi connectivity index (χ0v) is 6.96. The summed E-state index contributed by atoms with van der Waals surface area (Å²) < 4.78 is 0. The molecule has 0 atom stereocenters. The average molecular weight is 148 g/mol. The number of pyridine rings is 1. The van der Waals surface area contributed by atoms with Crippen LogP contribution in [0.3, 0.4) is 0 Å². The molecule has 1 heterocycles. The smallest absolute Gasteiger partial charge is 0.0866 e. The van der Waals surface area contributed by atoms with Crippen LogP contribution in [-0.4, -0.2) is 11.7 Å². The van der Waals surface area contributed by atoms with Crippen LogP contribution in [0.5, 0.6) is 0 Å². The first-order chi connectivity index (χ1) is 5.29. The van der Waals surface area contributed by atoms with Gasteiger partial charge in [0.25, 0.3) is 0 Å². The zero-order chi connectivity index (χ0) is 8.27. The number of aliphatic imine (C=N–C) groups is 1. The minimum Gasteiger partial charge on any atom is -0.262 e. The Balaban J connectivity index is 3.24. The molecule has 1 aromatic heterocycles. The summed E-state index contributed by atoms with van der Waals surface area (Å²) in [6.07, 6.45) is 2.72. The van der Waals surface area contributed by atoms with E-state index in [-0.39, 0.29) is 0 Å². The standard InChI is InChI=1S/C9H12N2/c1-4-8-9(10-3)7(2)5-6-11-8/h5-6H,3-4H2,1-2H3. The lowest BCUT2D eigenvalue weighted by molar-refractivity contribution is 1.02. The highest BCUT2D eigenvalue weighted by Gasteiger charge is 2.01. The molecule has 0 aromatic carbocycles. The van der Waals surface area contributed by atoms with Gasteiger partial charge in [-0.05, 0) is 31.7 Å². The zero-order valence-electron chi connectivity index (χ0n) is 6.96. The van der Waals surface area contributed by atoms with Gasteiger partial charge < -0.3 is 0 Å². The Morgan fingerprint density at radius 1 is 1.64 bits per heavy atom. The topological polar surface area (TPSA) is 25.2 Å². The van der Waals surface area contributed by atoms with Gasteiger partial charge in [-0.3, -0.25) is 9.98 Å². The summed E-state index contributed by atoms with van der Waals surface area (Å²) in [6, 6.07) is 1.95. The Labute approximate surface area is 67.0 Å². The molecule has 0 saturated heterocycles. The Kier molecular flexibility index (Phi) is 2.36. The summed E-state index contributed by atoms with van der Waals surface area (Å²) in [7, 11) is 0. The van der Waals surface area contributed by atoms with Gasteiger partial charge in [0, 0.05) is 6.20 Å². The summed E-state index contributed by atoms with van der Waals surface area (Å²) in [6.45, 7) is 7.60. The van der Waals surface area contributed by atoms with Crippen molar-refractivity contribution in [3.05, 3.63) is 23.5 Å². The molecule has 0 fully saturated rings. The van der Waals surface area contributed by atoms with Crippen LogP contribution < -0.4 is 0 Å². The molecule has 1 aromatic rings. The van der Waals surface area contributed by atoms with Crippen molar-refractivity contribution in [2.45, 2.75) is 20.3 Å². The van der Waals surface area contributed by atoms with Gasteiger partial charge >= 0.3 is 0 Å². The van der Waals surface area contributed by atoms with E-state index in [1.165, 1.54) is 0 Å². The summed E-state index contributed by atoms with van der Waals surface area (Å²) in [5.74, 6) is 0. The average Bonchev–Trinajstić information content (AvgIpc) is 2.04. The van der Waals surface area contributed by atoms with Gasteiger partial charge in [0.05, 0.1) is 11.4 Å². The minimum absolute atomic E-state index is 0.913. The molecule has 0 radical (unpaired) electrons. The Morgan fingerprint density at radius 3 is 2.82 bits per heavy atom. The van der Waals surface area contributed by atoms with E-state index in [4.69, 9.17) is 0 Å². The summed E-state index contributed by atoms with van der Waals surface area (Å²) in [5, 5.41) is 0. The second-order valence-electron chi connectivity index (χ2n) is 2.43. The molecular formula is C9H12N2. The number of hydrogen-bond donors (Lipinski definition) is 0. The molecule has 0 bridgehead atoms. The van der Waals surface area contributed by atoms with Crippen molar-refractivity contribution in [3.8, 4) is 0 Å². The monoisotopic (exact) mass is 148 g/mol. The van der Waals surface area contributed by atoms with Gasteiger partial charge in [0.15, 0.2) is 0 Å². The van der Waals surface area contributed by atoms with Crippen LogP contribution in [0.25, 0.3) is 0 Å². The molecule has 11 heavy (non-hydrogen) atoms. The van der Waals surface area contributed by atoms with Crippen molar-refractivity contribution in [1.82, 2.24) is 4.98 Å². The molecule has 0 saturated carbocycles. The first-order valence-electron chi connectivity index (χ1n) is 3.70. The van der Waals surface area contributed by atoms with Crippen LogP contribution in [0.1, 0.15) is 18.2 Å². The van der Waals surface area contributed by atoms with E-state index in [0.29, 0.717) is 0 Å². The third-order valence-electron chi connectivity index (χ3n) is 1.69. The van der Waals surface area contributed by atoms with Crippen LogP contribution in [-0.2, 0) is 6.42 Å². The number of rotatable bonds is 2. The van der Waals surface area contributed by atoms with Gasteiger partial charge in [-0.25, -0.2) is 0 Å². The predicted octanol–water partition coefficient (Wildman–Crippen LogP) is 2.28. The highest BCUT2D eigenvalue weighted by atomic mass is 14.8. The molecular weight excluding hydrogens is 136 g/mol. The van der Waals surface area contributed by atoms with Crippen molar-refractivity contribution in [2.24, 2.45) is 4.99 Å². The fourth-order valence-corrected chi connectivity index (χ4v) is 1.08. The highest BCUT2D eigenvalue weighted by molar-refractivity contribution is 5.53. The van der Waals surface area contributed by atoms with Crippen molar-refractivity contribution in [3.63, 3.8) is 0 Å². The lowest BCUT2D eigenvalue weighted by atomic mass is 10.2. The molecule has 2 heteroatoms. The Bertz CT molecular complexity index is 266. The van der Waals surface area contributed by atoms with Crippen LogP contribution >= 0.6 is 0 Å². The SMILES string of the molecule is C=Nc1c(C)ccnc1CC. The van der Waals surface area contributed by atoms with Crippen molar-refractivity contribution < 1.29 is 0 Å². The molecule has 0 unspecified atom stereocenters. The minimum atomic E-state index is 0.913. The van der Waals surface area contributed by atoms with Gasteiger partial charge in [0.2, 0.25) is 0 Å². The van der Waals surface area contributed by atoms with Crippen LogP contribution in [0.4, 0.5) is 5.69 Å². The molecule has 0 aliphatic carbocycles. The maximum absolute atomic E-state index is 4.20. The van der Waals surface area contributed by atoms with E-state index < -0.39 is 0 Å². The summed E-state index contributed by atoms with van der Waals surface area (Å²) in [5.41, 5.74) is 3.11.